The summed E-state index contributed by atoms with van der Waals surface area (Å²) in [6.45, 7) is 0.707. The lowest BCUT2D eigenvalue weighted by Gasteiger charge is -2.22. The Morgan fingerprint density at radius 1 is 1.09 bits per heavy atom. The lowest BCUT2D eigenvalue weighted by molar-refractivity contribution is -0.121. The number of hydrogen-bond acceptors (Lipinski definition) is 4. The lowest BCUT2D eigenvalue weighted by Crippen LogP contribution is -2.48. The summed E-state index contributed by atoms with van der Waals surface area (Å²) in [6, 6.07) is 7.11. The molecule has 1 aliphatic rings. The molecule has 0 aromatic heterocycles. The molecule has 0 atom stereocenters. The molecule has 1 saturated carbocycles. The number of amides is 2. The molecule has 0 saturated heterocycles. The van der Waals surface area contributed by atoms with Crippen molar-refractivity contribution in [2.24, 2.45) is 5.73 Å². The van der Waals surface area contributed by atoms with Gasteiger partial charge in [-0.3, -0.25) is 9.59 Å². The summed E-state index contributed by atoms with van der Waals surface area (Å²) < 4.78 is 0. The zero-order valence-electron chi connectivity index (χ0n) is 13.9. The van der Waals surface area contributed by atoms with Crippen LogP contribution in [0, 0.1) is 0 Å². The Morgan fingerprint density at radius 3 is 2.13 bits per heavy atom. The zero-order chi connectivity index (χ0) is 16.9. The van der Waals surface area contributed by atoms with Crippen LogP contribution in [-0.4, -0.2) is 42.9 Å². The molecule has 1 aliphatic carbocycles. The van der Waals surface area contributed by atoms with E-state index in [0.717, 1.165) is 31.4 Å². The third-order valence-electron chi connectivity index (χ3n) is 4.16. The minimum Gasteiger partial charge on any atom is -0.326 e. The van der Waals surface area contributed by atoms with E-state index in [1.807, 2.05) is 19.0 Å². The molecule has 1 fully saturated rings. The second kappa shape index (κ2) is 7.57. The predicted octanol–water partition coefficient (Wildman–Crippen LogP) is 1.79. The minimum atomic E-state index is -0.737. The summed E-state index contributed by atoms with van der Waals surface area (Å²) in [5.41, 5.74) is 6.80. The third kappa shape index (κ3) is 5.04. The van der Waals surface area contributed by atoms with Crippen LogP contribution in [0.5, 0.6) is 0 Å². The van der Waals surface area contributed by atoms with Crippen LogP contribution in [0.2, 0.25) is 0 Å². The van der Waals surface area contributed by atoms with Crippen LogP contribution in [0.1, 0.15) is 32.1 Å². The van der Waals surface area contributed by atoms with Gasteiger partial charge >= 0.3 is 0 Å². The fourth-order valence-corrected chi connectivity index (χ4v) is 2.67. The van der Waals surface area contributed by atoms with Gasteiger partial charge in [-0.05, 0) is 51.2 Å². The maximum Gasteiger partial charge on any atom is 0.244 e. The van der Waals surface area contributed by atoms with Crippen LogP contribution in [0.25, 0.3) is 0 Å². The Labute approximate surface area is 137 Å². The molecule has 1 aromatic carbocycles. The number of nitrogens with zero attached hydrogens (tertiary/aromatic N) is 1. The van der Waals surface area contributed by atoms with Crippen LogP contribution in [-0.2, 0) is 9.59 Å². The monoisotopic (exact) mass is 318 g/mol. The normalized spacial score (nSPS) is 16.3. The molecular formula is C17H26N4O2. The van der Waals surface area contributed by atoms with Gasteiger partial charge in [-0.15, -0.1) is 0 Å². The summed E-state index contributed by atoms with van der Waals surface area (Å²) >= 11 is 0. The SMILES string of the molecule is CN(C)CCC(=O)Nc1ccc(NC(=O)C2(N)CCCC2)cc1. The molecule has 2 amide bonds. The molecule has 0 heterocycles. The number of hydrogen-bond donors (Lipinski definition) is 3. The number of rotatable bonds is 6. The number of nitrogens with one attached hydrogen (secondary N) is 2. The largest absolute Gasteiger partial charge is 0.326 e. The Kier molecular flexibility index (Phi) is 5.74. The molecule has 0 aliphatic heterocycles. The first-order chi connectivity index (χ1) is 10.9. The molecule has 6 heteroatoms. The van der Waals surface area contributed by atoms with Gasteiger partial charge in [0.2, 0.25) is 11.8 Å². The van der Waals surface area contributed by atoms with Gasteiger partial charge in [0.15, 0.2) is 0 Å². The number of nitrogens with two attached hydrogens (primary N) is 1. The van der Waals surface area contributed by atoms with Crippen molar-refractivity contribution in [2.45, 2.75) is 37.6 Å². The Bertz CT molecular complexity index is 548. The third-order valence-corrected chi connectivity index (χ3v) is 4.16. The summed E-state index contributed by atoms with van der Waals surface area (Å²) in [5, 5.41) is 5.70. The summed E-state index contributed by atoms with van der Waals surface area (Å²) in [5.74, 6) is -0.153. The van der Waals surface area contributed by atoms with Crippen molar-refractivity contribution in [3.05, 3.63) is 24.3 Å². The van der Waals surface area contributed by atoms with Gasteiger partial charge in [0.1, 0.15) is 0 Å². The van der Waals surface area contributed by atoms with Crippen LogP contribution in [0.4, 0.5) is 11.4 Å². The van der Waals surface area contributed by atoms with Gasteiger partial charge < -0.3 is 21.3 Å². The molecule has 23 heavy (non-hydrogen) atoms. The molecule has 0 unspecified atom stereocenters. The van der Waals surface area contributed by atoms with E-state index in [1.54, 1.807) is 24.3 Å². The number of anilines is 2. The molecular weight excluding hydrogens is 292 g/mol. The first-order valence-corrected chi connectivity index (χ1v) is 8.04. The van der Waals surface area contributed by atoms with Crippen molar-refractivity contribution in [3.8, 4) is 0 Å². The molecule has 0 spiro atoms. The summed E-state index contributed by atoms with van der Waals surface area (Å²) in [7, 11) is 3.86. The van der Waals surface area contributed by atoms with E-state index in [0.29, 0.717) is 18.7 Å². The smallest absolute Gasteiger partial charge is 0.244 e. The molecule has 4 N–H and O–H groups in total. The second-order valence-electron chi connectivity index (χ2n) is 6.50. The van der Waals surface area contributed by atoms with Crippen molar-refractivity contribution >= 4 is 23.2 Å². The fraction of sp³-hybridized carbons (Fsp3) is 0.529. The molecule has 2 rings (SSSR count). The number of carbonyl (C=O) groups is 2. The van der Waals surface area contributed by atoms with Crippen LogP contribution < -0.4 is 16.4 Å². The van der Waals surface area contributed by atoms with E-state index in [-0.39, 0.29) is 11.8 Å². The Balaban J connectivity index is 1.87. The van der Waals surface area contributed by atoms with Gasteiger partial charge in [0.25, 0.3) is 0 Å². The summed E-state index contributed by atoms with van der Waals surface area (Å²) in [6.07, 6.45) is 3.92. The zero-order valence-corrected chi connectivity index (χ0v) is 13.9. The molecule has 6 nitrogen and oxygen atoms in total. The van der Waals surface area contributed by atoms with E-state index in [9.17, 15) is 9.59 Å². The van der Waals surface area contributed by atoms with E-state index in [1.165, 1.54) is 0 Å². The van der Waals surface area contributed by atoms with Crippen LogP contribution in [0.3, 0.4) is 0 Å². The van der Waals surface area contributed by atoms with Gasteiger partial charge in [-0.2, -0.15) is 0 Å². The average Bonchev–Trinajstić information content (AvgIpc) is 2.95. The highest BCUT2D eigenvalue weighted by molar-refractivity contribution is 5.98. The van der Waals surface area contributed by atoms with Gasteiger partial charge in [0, 0.05) is 24.3 Å². The fourth-order valence-electron chi connectivity index (χ4n) is 2.67. The number of carbonyl (C=O) groups excluding carboxylic acids is 2. The van der Waals surface area contributed by atoms with Crippen molar-refractivity contribution in [2.75, 3.05) is 31.3 Å². The first kappa shape index (κ1) is 17.4. The van der Waals surface area contributed by atoms with E-state index < -0.39 is 5.54 Å². The van der Waals surface area contributed by atoms with Crippen molar-refractivity contribution in [1.29, 1.82) is 0 Å². The summed E-state index contributed by atoms with van der Waals surface area (Å²) in [4.78, 5) is 26.0. The van der Waals surface area contributed by atoms with Gasteiger partial charge in [-0.1, -0.05) is 12.8 Å². The Hall–Kier alpha value is -1.92. The van der Waals surface area contributed by atoms with Crippen molar-refractivity contribution in [1.82, 2.24) is 4.90 Å². The van der Waals surface area contributed by atoms with Crippen LogP contribution in [0.15, 0.2) is 24.3 Å². The molecule has 126 valence electrons. The average molecular weight is 318 g/mol. The van der Waals surface area contributed by atoms with E-state index in [2.05, 4.69) is 10.6 Å². The maximum atomic E-state index is 12.2. The Morgan fingerprint density at radius 2 is 1.61 bits per heavy atom. The molecule has 0 radical (unpaired) electrons. The first-order valence-electron chi connectivity index (χ1n) is 8.04. The van der Waals surface area contributed by atoms with E-state index >= 15 is 0 Å². The van der Waals surface area contributed by atoms with Crippen molar-refractivity contribution < 1.29 is 9.59 Å². The molecule has 0 bridgehead atoms. The standard InChI is InChI=1S/C17H26N4O2/c1-21(2)12-9-15(22)19-13-5-7-14(8-6-13)20-16(23)17(18)10-3-4-11-17/h5-8H,3-4,9-12,18H2,1-2H3,(H,19,22)(H,20,23). The van der Waals surface area contributed by atoms with Gasteiger partial charge in [-0.25, -0.2) is 0 Å². The lowest BCUT2D eigenvalue weighted by atomic mass is 9.98. The second-order valence-corrected chi connectivity index (χ2v) is 6.50. The highest BCUT2D eigenvalue weighted by Gasteiger charge is 2.36. The highest BCUT2D eigenvalue weighted by atomic mass is 16.2. The van der Waals surface area contributed by atoms with E-state index in [4.69, 9.17) is 5.73 Å². The van der Waals surface area contributed by atoms with Crippen LogP contribution >= 0.6 is 0 Å². The van der Waals surface area contributed by atoms with Gasteiger partial charge in [0.05, 0.1) is 5.54 Å². The molecule has 1 aromatic rings. The highest BCUT2D eigenvalue weighted by Crippen LogP contribution is 2.28. The minimum absolute atomic E-state index is 0.0256. The quantitative estimate of drug-likeness (QED) is 0.746. The topological polar surface area (TPSA) is 87.5 Å². The predicted molar refractivity (Wildman–Crippen MR) is 92.3 cm³/mol. The maximum absolute atomic E-state index is 12.2. The number of benzene rings is 1. The van der Waals surface area contributed by atoms with Crippen molar-refractivity contribution in [3.63, 3.8) is 0 Å².